The number of imidazole rings is 1. The molecule has 0 aliphatic carbocycles. The molecule has 3 aromatic rings. The third kappa shape index (κ3) is 3.73. The number of hydrogen-bond donors (Lipinski definition) is 1. The van der Waals surface area contributed by atoms with E-state index in [1.165, 1.54) is 24.7 Å². The molecule has 1 unspecified atom stereocenters. The van der Waals surface area contributed by atoms with Crippen molar-refractivity contribution in [3.63, 3.8) is 0 Å². The number of rotatable bonds is 5. The highest BCUT2D eigenvalue weighted by atomic mass is 35.5. The van der Waals surface area contributed by atoms with Crippen molar-refractivity contribution in [1.82, 2.24) is 14.5 Å². The van der Waals surface area contributed by atoms with Crippen molar-refractivity contribution >= 4 is 28.4 Å². The Kier molecular flexibility index (Phi) is 4.88. The zero-order valence-electron chi connectivity index (χ0n) is 12.6. The standard InChI is InChI=1S/C15H11ClN4O4S/c16-15-14(10-1-4-12(5-2-10)20(21)22)19(9-18-15)13-6-3-11(17-7-13)8-25(23)24/h1-7,9H,8H2,(H,23,24). The van der Waals surface area contributed by atoms with E-state index in [4.69, 9.17) is 16.2 Å². The van der Waals surface area contributed by atoms with E-state index in [1.807, 2.05) is 0 Å². The minimum atomic E-state index is -1.96. The molecule has 0 spiro atoms. The van der Waals surface area contributed by atoms with Gasteiger partial charge < -0.3 is 4.55 Å². The van der Waals surface area contributed by atoms with Crippen LogP contribution in [-0.2, 0) is 16.8 Å². The molecule has 8 nitrogen and oxygen atoms in total. The van der Waals surface area contributed by atoms with Crippen molar-refractivity contribution in [3.8, 4) is 16.9 Å². The van der Waals surface area contributed by atoms with Gasteiger partial charge in [-0.05, 0) is 24.3 Å². The molecule has 128 valence electrons. The number of pyridine rings is 1. The molecule has 3 rings (SSSR count). The SMILES string of the molecule is O=[N+]([O-])c1ccc(-c2c(Cl)ncn2-c2ccc(CS(=O)O)nc2)cc1. The van der Waals surface area contributed by atoms with Crippen LogP contribution in [0.1, 0.15) is 5.69 Å². The van der Waals surface area contributed by atoms with E-state index in [-0.39, 0.29) is 16.6 Å². The first-order valence-corrected chi connectivity index (χ1v) is 8.61. The van der Waals surface area contributed by atoms with Crippen LogP contribution in [0.25, 0.3) is 16.9 Å². The van der Waals surface area contributed by atoms with Crippen LogP contribution in [0, 0.1) is 10.1 Å². The zero-order valence-corrected chi connectivity index (χ0v) is 14.1. The second kappa shape index (κ2) is 7.09. The Morgan fingerprint density at radius 1 is 1.20 bits per heavy atom. The molecule has 1 atom stereocenters. The molecule has 0 amide bonds. The van der Waals surface area contributed by atoms with Gasteiger partial charge in [0.25, 0.3) is 5.69 Å². The summed E-state index contributed by atoms with van der Waals surface area (Å²) in [5, 5.41) is 11.0. The van der Waals surface area contributed by atoms with Gasteiger partial charge in [0.15, 0.2) is 16.2 Å². The van der Waals surface area contributed by atoms with Crippen LogP contribution in [0.4, 0.5) is 5.69 Å². The van der Waals surface area contributed by atoms with Gasteiger partial charge >= 0.3 is 0 Å². The first-order valence-electron chi connectivity index (χ1n) is 6.96. The summed E-state index contributed by atoms with van der Waals surface area (Å²) < 4.78 is 21.4. The summed E-state index contributed by atoms with van der Waals surface area (Å²) in [6.07, 6.45) is 3.05. The molecule has 1 N–H and O–H groups in total. The molecule has 25 heavy (non-hydrogen) atoms. The average molecular weight is 379 g/mol. The fourth-order valence-corrected chi connectivity index (χ4v) is 2.96. The minimum Gasteiger partial charge on any atom is -0.306 e. The van der Waals surface area contributed by atoms with Crippen LogP contribution in [0.2, 0.25) is 5.15 Å². The number of hydrogen-bond acceptors (Lipinski definition) is 5. The normalized spacial score (nSPS) is 12.1. The number of benzene rings is 1. The molecular weight excluding hydrogens is 368 g/mol. The van der Waals surface area contributed by atoms with Crippen LogP contribution in [0.15, 0.2) is 48.9 Å². The lowest BCUT2D eigenvalue weighted by Gasteiger charge is -2.09. The van der Waals surface area contributed by atoms with Crippen molar-refractivity contribution in [2.24, 2.45) is 0 Å². The second-order valence-corrected chi connectivity index (χ2v) is 6.32. The first kappa shape index (κ1) is 17.2. The molecule has 0 bridgehead atoms. The highest BCUT2D eigenvalue weighted by Crippen LogP contribution is 2.30. The maximum atomic E-state index is 10.8. The summed E-state index contributed by atoms with van der Waals surface area (Å²) in [5.74, 6) is -0.0554. The highest BCUT2D eigenvalue weighted by molar-refractivity contribution is 7.78. The molecule has 0 saturated carbocycles. The molecule has 1 aromatic carbocycles. The van der Waals surface area contributed by atoms with E-state index >= 15 is 0 Å². The molecule has 2 heterocycles. The molecule has 2 aromatic heterocycles. The Hall–Kier alpha value is -2.62. The van der Waals surface area contributed by atoms with Gasteiger partial charge in [-0.3, -0.25) is 19.7 Å². The summed E-state index contributed by atoms with van der Waals surface area (Å²) in [6, 6.07) is 9.32. The molecule has 10 heteroatoms. The number of nitrogens with zero attached hydrogens (tertiary/aromatic N) is 4. The average Bonchev–Trinajstić information content (AvgIpc) is 2.96. The maximum absolute atomic E-state index is 10.8. The molecule has 0 radical (unpaired) electrons. The van der Waals surface area contributed by atoms with Crippen LogP contribution in [0.5, 0.6) is 0 Å². The van der Waals surface area contributed by atoms with Crippen molar-refractivity contribution in [2.45, 2.75) is 5.75 Å². The van der Waals surface area contributed by atoms with E-state index in [0.29, 0.717) is 22.6 Å². The van der Waals surface area contributed by atoms with Crippen molar-refractivity contribution in [2.75, 3.05) is 0 Å². The van der Waals surface area contributed by atoms with E-state index in [9.17, 15) is 14.3 Å². The predicted octanol–water partition coefficient (Wildman–Crippen LogP) is 3.22. The highest BCUT2D eigenvalue weighted by Gasteiger charge is 2.15. The third-order valence-electron chi connectivity index (χ3n) is 3.43. The minimum absolute atomic E-state index is 0.0195. The monoisotopic (exact) mass is 378 g/mol. The van der Waals surface area contributed by atoms with Gasteiger partial charge in [0.1, 0.15) is 6.33 Å². The van der Waals surface area contributed by atoms with Crippen molar-refractivity contribution < 1.29 is 13.7 Å². The van der Waals surface area contributed by atoms with Gasteiger partial charge in [-0.1, -0.05) is 11.6 Å². The third-order valence-corrected chi connectivity index (χ3v) is 4.25. The van der Waals surface area contributed by atoms with Crippen LogP contribution >= 0.6 is 11.6 Å². The Bertz CT molecular complexity index is 941. The van der Waals surface area contributed by atoms with E-state index in [2.05, 4.69) is 9.97 Å². The lowest BCUT2D eigenvalue weighted by Crippen LogP contribution is -2.00. The smallest absolute Gasteiger partial charge is 0.269 e. The second-order valence-electron chi connectivity index (χ2n) is 5.03. The number of non-ortho nitro benzene ring substituents is 1. The number of aromatic nitrogens is 3. The molecule has 0 aliphatic rings. The quantitative estimate of drug-likeness (QED) is 0.414. The summed E-state index contributed by atoms with van der Waals surface area (Å²) in [6.45, 7) is 0. The van der Waals surface area contributed by atoms with Crippen molar-refractivity contribution in [1.29, 1.82) is 0 Å². The van der Waals surface area contributed by atoms with Gasteiger partial charge in [0.2, 0.25) is 0 Å². The Morgan fingerprint density at radius 2 is 1.92 bits per heavy atom. The van der Waals surface area contributed by atoms with Crippen LogP contribution in [-0.4, -0.2) is 28.2 Å². The lowest BCUT2D eigenvalue weighted by molar-refractivity contribution is -0.384. The summed E-state index contributed by atoms with van der Waals surface area (Å²) in [5.41, 5.74) is 2.34. The maximum Gasteiger partial charge on any atom is 0.269 e. The topological polar surface area (TPSA) is 111 Å². The Balaban J connectivity index is 1.99. The van der Waals surface area contributed by atoms with E-state index < -0.39 is 16.0 Å². The summed E-state index contributed by atoms with van der Waals surface area (Å²) in [4.78, 5) is 18.5. The fourth-order valence-electron chi connectivity index (χ4n) is 2.29. The Morgan fingerprint density at radius 3 is 2.48 bits per heavy atom. The van der Waals surface area contributed by atoms with Gasteiger partial charge in [0, 0.05) is 17.7 Å². The van der Waals surface area contributed by atoms with Gasteiger partial charge in [0.05, 0.1) is 33.9 Å². The lowest BCUT2D eigenvalue weighted by atomic mass is 10.1. The van der Waals surface area contributed by atoms with Crippen LogP contribution < -0.4 is 0 Å². The van der Waals surface area contributed by atoms with Gasteiger partial charge in [-0.15, -0.1) is 0 Å². The number of nitro groups is 1. The zero-order chi connectivity index (χ0) is 18.0. The van der Waals surface area contributed by atoms with Gasteiger partial charge in [-0.25, -0.2) is 9.19 Å². The predicted molar refractivity (Wildman–Crippen MR) is 92.9 cm³/mol. The number of nitro benzene ring substituents is 1. The summed E-state index contributed by atoms with van der Waals surface area (Å²) in [7, 11) is 0. The van der Waals surface area contributed by atoms with E-state index in [0.717, 1.165) is 0 Å². The molecular formula is C15H11ClN4O4S. The molecule has 0 aliphatic heterocycles. The Labute approximate surface area is 149 Å². The number of halogens is 1. The van der Waals surface area contributed by atoms with Gasteiger partial charge in [-0.2, -0.15) is 0 Å². The van der Waals surface area contributed by atoms with E-state index in [1.54, 1.807) is 28.8 Å². The van der Waals surface area contributed by atoms with Crippen molar-refractivity contribution in [3.05, 3.63) is 69.9 Å². The van der Waals surface area contributed by atoms with Crippen LogP contribution in [0.3, 0.4) is 0 Å². The molecule has 0 fully saturated rings. The summed E-state index contributed by atoms with van der Waals surface area (Å²) >= 11 is 4.21. The first-order chi connectivity index (χ1) is 12.0. The molecule has 0 saturated heterocycles. The fraction of sp³-hybridized carbons (Fsp3) is 0.0667. The largest absolute Gasteiger partial charge is 0.306 e.